The minimum atomic E-state index is -0.124. The summed E-state index contributed by atoms with van der Waals surface area (Å²) in [6, 6.07) is 11.5. The van der Waals surface area contributed by atoms with Gasteiger partial charge in [-0.05, 0) is 18.2 Å². The average molecular weight is 240 g/mol. The van der Waals surface area contributed by atoms with Gasteiger partial charge in [0.1, 0.15) is 5.69 Å². The fourth-order valence-electron chi connectivity index (χ4n) is 1.85. The highest BCUT2D eigenvalue weighted by atomic mass is 16.1. The first kappa shape index (κ1) is 10.6. The third kappa shape index (κ3) is 1.98. The lowest BCUT2D eigenvalue weighted by Crippen LogP contribution is -2.23. The van der Waals surface area contributed by atoms with E-state index >= 15 is 0 Å². The van der Waals surface area contributed by atoms with Gasteiger partial charge in [0, 0.05) is 17.1 Å². The van der Waals surface area contributed by atoms with E-state index in [0.717, 1.165) is 16.6 Å². The predicted molar refractivity (Wildman–Crippen MR) is 68.1 cm³/mol. The lowest BCUT2D eigenvalue weighted by molar-refractivity contribution is 0.0946. The molecule has 0 aliphatic carbocycles. The molecule has 90 valence electrons. The Bertz CT molecular complexity index is 636. The van der Waals surface area contributed by atoms with Crippen molar-refractivity contribution >= 4 is 16.8 Å². The number of rotatable bonds is 3. The Hall–Kier alpha value is -2.56. The van der Waals surface area contributed by atoms with Crippen LogP contribution in [0.1, 0.15) is 16.2 Å². The predicted octanol–water partition coefficient (Wildman–Crippen LogP) is 1.82. The Morgan fingerprint density at radius 3 is 2.94 bits per heavy atom. The number of amides is 1. The molecule has 0 aliphatic heterocycles. The number of nitrogens with zero attached hydrogens (tertiary/aromatic N) is 1. The van der Waals surface area contributed by atoms with Gasteiger partial charge in [-0.25, -0.2) is 0 Å². The van der Waals surface area contributed by atoms with Crippen LogP contribution in [0.15, 0.2) is 42.6 Å². The molecule has 1 amide bonds. The quantitative estimate of drug-likeness (QED) is 0.653. The van der Waals surface area contributed by atoms with E-state index in [1.165, 1.54) is 0 Å². The van der Waals surface area contributed by atoms with Gasteiger partial charge in [-0.2, -0.15) is 5.10 Å². The van der Waals surface area contributed by atoms with E-state index in [-0.39, 0.29) is 5.91 Å². The van der Waals surface area contributed by atoms with Crippen LogP contribution in [0.2, 0.25) is 0 Å². The molecule has 5 nitrogen and oxygen atoms in total. The highest BCUT2D eigenvalue weighted by Crippen LogP contribution is 2.14. The van der Waals surface area contributed by atoms with Gasteiger partial charge in [-0.15, -0.1) is 0 Å². The molecule has 1 aromatic carbocycles. The third-order valence-electron chi connectivity index (χ3n) is 2.77. The summed E-state index contributed by atoms with van der Waals surface area (Å²) < 4.78 is 0. The van der Waals surface area contributed by atoms with Crippen molar-refractivity contribution in [3.63, 3.8) is 0 Å². The zero-order chi connectivity index (χ0) is 12.4. The highest BCUT2D eigenvalue weighted by Gasteiger charge is 2.08. The third-order valence-corrected chi connectivity index (χ3v) is 2.77. The van der Waals surface area contributed by atoms with E-state index in [2.05, 4.69) is 20.5 Å². The van der Waals surface area contributed by atoms with E-state index in [4.69, 9.17) is 0 Å². The fraction of sp³-hybridized carbons (Fsp3) is 0.0769. The molecule has 18 heavy (non-hydrogen) atoms. The topological polar surface area (TPSA) is 73.6 Å². The summed E-state index contributed by atoms with van der Waals surface area (Å²) in [6.07, 6.45) is 1.66. The monoisotopic (exact) mass is 240 g/mol. The van der Waals surface area contributed by atoms with Gasteiger partial charge in [-0.3, -0.25) is 9.89 Å². The van der Waals surface area contributed by atoms with Gasteiger partial charge in [0.05, 0.1) is 12.2 Å². The molecule has 3 N–H and O–H groups in total. The summed E-state index contributed by atoms with van der Waals surface area (Å²) in [5, 5.41) is 10.5. The van der Waals surface area contributed by atoms with Gasteiger partial charge in [-0.1, -0.05) is 18.2 Å². The number of nitrogens with one attached hydrogen (secondary N) is 3. The number of para-hydroxylation sites is 1. The molecule has 0 saturated heterocycles. The smallest absolute Gasteiger partial charge is 0.268 e. The second-order valence-electron chi connectivity index (χ2n) is 4.03. The molecule has 3 rings (SSSR count). The first-order chi connectivity index (χ1) is 8.83. The van der Waals surface area contributed by atoms with Crippen molar-refractivity contribution in [3.8, 4) is 0 Å². The number of benzene rings is 1. The van der Waals surface area contributed by atoms with Gasteiger partial charge < -0.3 is 10.3 Å². The van der Waals surface area contributed by atoms with Crippen LogP contribution in [0.3, 0.4) is 0 Å². The molecule has 0 aliphatic rings. The summed E-state index contributed by atoms with van der Waals surface area (Å²) in [4.78, 5) is 15.0. The molecule has 0 bridgehead atoms. The van der Waals surface area contributed by atoms with Gasteiger partial charge in [0.2, 0.25) is 0 Å². The molecular formula is C13H12N4O. The molecule has 0 spiro atoms. The van der Waals surface area contributed by atoms with Crippen molar-refractivity contribution in [2.45, 2.75) is 6.54 Å². The number of hydrogen-bond donors (Lipinski definition) is 3. The van der Waals surface area contributed by atoms with Crippen LogP contribution in [0.4, 0.5) is 0 Å². The van der Waals surface area contributed by atoms with Crippen LogP contribution >= 0.6 is 0 Å². The molecule has 0 radical (unpaired) electrons. The van der Waals surface area contributed by atoms with Crippen molar-refractivity contribution in [2.24, 2.45) is 0 Å². The number of fused-ring (bicyclic) bond motifs is 1. The highest BCUT2D eigenvalue weighted by molar-refractivity contribution is 5.97. The molecule has 0 saturated carbocycles. The number of hydrogen-bond acceptors (Lipinski definition) is 2. The fourth-order valence-corrected chi connectivity index (χ4v) is 1.85. The van der Waals surface area contributed by atoms with Crippen molar-refractivity contribution < 1.29 is 4.79 Å². The minimum Gasteiger partial charge on any atom is -0.351 e. The summed E-state index contributed by atoms with van der Waals surface area (Å²) in [5.41, 5.74) is 2.40. The molecule has 0 fully saturated rings. The molecule has 2 aromatic heterocycles. The Morgan fingerprint density at radius 2 is 2.17 bits per heavy atom. The summed E-state index contributed by atoms with van der Waals surface area (Å²) in [6.45, 7) is 0.439. The van der Waals surface area contributed by atoms with Gasteiger partial charge in [0.25, 0.3) is 5.91 Å². The van der Waals surface area contributed by atoms with Crippen molar-refractivity contribution in [3.05, 3.63) is 54.0 Å². The van der Waals surface area contributed by atoms with Gasteiger partial charge in [0.15, 0.2) is 0 Å². The average Bonchev–Trinajstić information content (AvgIpc) is 3.04. The maximum atomic E-state index is 11.9. The van der Waals surface area contributed by atoms with Gasteiger partial charge >= 0.3 is 0 Å². The first-order valence-electron chi connectivity index (χ1n) is 5.67. The van der Waals surface area contributed by atoms with Crippen molar-refractivity contribution in [1.82, 2.24) is 20.5 Å². The zero-order valence-corrected chi connectivity index (χ0v) is 9.60. The Balaban J connectivity index is 1.75. The van der Waals surface area contributed by atoms with Crippen LogP contribution in [0.5, 0.6) is 0 Å². The van der Waals surface area contributed by atoms with Crippen LogP contribution < -0.4 is 5.32 Å². The zero-order valence-electron chi connectivity index (χ0n) is 9.60. The SMILES string of the molecule is O=C(NCc1ccn[nH]1)c1cc2ccccc2[nH]1. The normalized spacial score (nSPS) is 10.7. The Labute approximate surface area is 103 Å². The van der Waals surface area contributed by atoms with E-state index in [9.17, 15) is 4.79 Å². The largest absolute Gasteiger partial charge is 0.351 e. The Morgan fingerprint density at radius 1 is 1.28 bits per heavy atom. The Kier molecular flexibility index (Phi) is 2.57. The maximum Gasteiger partial charge on any atom is 0.268 e. The number of carbonyl (C=O) groups is 1. The second-order valence-corrected chi connectivity index (χ2v) is 4.03. The number of carbonyl (C=O) groups excluding carboxylic acids is 1. The molecule has 5 heteroatoms. The van der Waals surface area contributed by atoms with E-state index in [0.29, 0.717) is 12.2 Å². The first-order valence-corrected chi connectivity index (χ1v) is 5.67. The van der Waals surface area contributed by atoms with Crippen LogP contribution in [-0.4, -0.2) is 21.1 Å². The van der Waals surface area contributed by atoms with Crippen molar-refractivity contribution in [2.75, 3.05) is 0 Å². The summed E-state index contributed by atoms with van der Waals surface area (Å²) >= 11 is 0. The molecule has 0 atom stereocenters. The molecule has 0 unspecified atom stereocenters. The standard InChI is InChI=1S/C13H12N4O/c18-13(14-8-10-5-6-15-17-10)12-7-9-3-1-2-4-11(9)16-12/h1-7,16H,8H2,(H,14,18)(H,15,17). The summed E-state index contributed by atoms with van der Waals surface area (Å²) in [7, 11) is 0. The van der Waals surface area contributed by atoms with Crippen LogP contribution in [0.25, 0.3) is 10.9 Å². The van der Waals surface area contributed by atoms with Crippen molar-refractivity contribution in [1.29, 1.82) is 0 Å². The lowest BCUT2D eigenvalue weighted by Gasteiger charge is -2.00. The summed E-state index contributed by atoms with van der Waals surface area (Å²) in [5.74, 6) is -0.124. The number of aromatic amines is 2. The van der Waals surface area contributed by atoms with E-state index in [1.807, 2.05) is 36.4 Å². The minimum absolute atomic E-state index is 0.124. The van der Waals surface area contributed by atoms with E-state index < -0.39 is 0 Å². The van der Waals surface area contributed by atoms with Crippen LogP contribution in [-0.2, 0) is 6.54 Å². The second kappa shape index (κ2) is 4.37. The molecule has 3 aromatic rings. The van der Waals surface area contributed by atoms with Crippen LogP contribution in [0, 0.1) is 0 Å². The lowest BCUT2D eigenvalue weighted by atomic mass is 10.2. The number of H-pyrrole nitrogens is 2. The molecular weight excluding hydrogens is 228 g/mol. The molecule has 2 heterocycles. The number of aromatic nitrogens is 3. The van der Waals surface area contributed by atoms with E-state index in [1.54, 1.807) is 6.20 Å². The maximum absolute atomic E-state index is 11.9.